The van der Waals surface area contributed by atoms with Crippen LogP contribution >= 0.6 is 0 Å². The van der Waals surface area contributed by atoms with E-state index in [2.05, 4.69) is 17.5 Å². The summed E-state index contributed by atoms with van der Waals surface area (Å²) in [6, 6.07) is 0.565. The molecular formula is C13H20N2O. The van der Waals surface area contributed by atoms with Crippen molar-refractivity contribution in [2.75, 3.05) is 19.6 Å². The number of amides is 1. The zero-order valence-electron chi connectivity index (χ0n) is 9.69. The highest BCUT2D eigenvalue weighted by molar-refractivity contribution is 5.78. The SMILES string of the molecule is O=C(CNC1CC2CC=CC21)N1CCCC1. The number of allylic oxidation sites excluding steroid dienone is 1. The van der Waals surface area contributed by atoms with Crippen LogP contribution in [-0.4, -0.2) is 36.5 Å². The zero-order chi connectivity index (χ0) is 11.0. The lowest BCUT2D eigenvalue weighted by Gasteiger charge is -2.40. The number of hydrogen-bond acceptors (Lipinski definition) is 2. The third-order valence-corrected chi connectivity index (χ3v) is 4.34. The Balaban J connectivity index is 1.43. The highest BCUT2D eigenvalue weighted by atomic mass is 16.2. The van der Waals surface area contributed by atoms with Gasteiger partial charge >= 0.3 is 0 Å². The topological polar surface area (TPSA) is 32.3 Å². The van der Waals surface area contributed by atoms with E-state index in [1.165, 1.54) is 25.7 Å². The molecule has 0 aromatic heterocycles. The molecule has 1 heterocycles. The molecule has 3 rings (SSSR count). The van der Waals surface area contributed by atoms with Crippen molar-refractivity contribution in [2.45, 2.75) is 31.7 Å². The van der Waals surface area contributed by atoms with Crippen LogP contribution in [0.25, 0.3) is 0 Å². The number of nitrogens with one attached hydrogen (secondary N) is 1. The average Bonchev–Trinajstić information content (AvgIpc) is 2.88. The summed E-state index contributed by atoms with van der Waals surface area (Å²) in [7, 11) is 0. The Hall–Kier alpha value is -0.830. The normalized spacial score (nSPS) is 36.2. The zero-order valence-corrected chi connectivity index (χ0v) is 9.69. The molecule has 0 spiro atoms. The Morgan fingerprint density at radius 1 is 1.38 bits per heavy atom. The second kappa shape index (κ2) is 4.21. The van der Waals surface area contributed by atoms with Crippen LogP contribution in [0.2, 0.25) is 0 Å². The third kappa shape index (κ3) is 1.77. The van der Waals surface area contributed by atoms with Crippen LogP contribution in [0.5, 0.6) is 0 Å². The molecule has 88 valence electrons. The van der Waals surface area contributed by atoms with Crippen molar-refractivity contribution in [3.8, 4) is 0 Å². The van der Waals surface area contributed by atoms with Crippen LogP contribution in [0.3, 0.4) is 0 Å². The second-order valence-electron chi connectivity index (χ2n) is 5.31. The van der Waals surface area contributed by atoms with Crippen LogP contribution < -0.4 is 5.32 Å². The molecule has 0 radical (unpaired) electrons. The maximum atomic E-state index is 11.8. The quantitative estimate of drug-likeness (QED) is 0.724. The molecule has 0 aromatic rings. The Morgan fingerprint density at radius 2 is 2.19 bits per heavy atom. The van der Waals surface area contributed by atoms with E-state index in [0.29, 0.717) is 24.4 Å². The number of hydrogen-bond donors (Lipinski definition) is 1. The summed E-state index contributed by atoms with van der Waals surface area (Å²) in [5.74, 6) is 1.88. The Labute approximate surface area is 96.9 Å². The van der Waals surface area contributed by atoms with Crippen LogP contribution in [0, 0.1) is 11.8 Å². The molecule has 1 saturated heterocycles. The van der Waals surface area contributed by atoms with Gasteiger partial charge in [0.2, 0.25) is 5.91 Å². The molecule has 2 aliphatic carbocycles. The number of fused-ring (bicyclic) bond motifs is 1. The number of rotatable bonds is 3. The van der Waals surface area contributed by atoms with Gasteiger partial charge in [0, 0.05) is 19.1 Å². The fourth-order valence-corrected chi connectivity index (χ4v) is 3.24. The van der Waals surface area contributed by atoms with E-state index in [1.807, 2.05) is 4.90 Å². The van der Waals surface area contributed by atoms with Gasteiger partial charge in [-0.1, -0.05) is 12.2 Å². The molecule has 1 saturated carbocycles. The highest BCUT2D eigenvalue weighted by Gasteiger charge is 2.40. The monoisotopic (exact) mass is 220 g/mol. The van der Waals surface area contributed by atoms with Gasteiger partial charge in [0.25, 0.3) is 0 Å². The molecule has 0 aromatic carbocycles. The number of likely N-dealkylation sites (tertiary alicyclic amines) is 1. The first-order valence-electron chi connectivity index (χ1n) is 6.52. The summed E-state index contributed by atoms with van der Waals surface area (Å²) in [5, 5.41) is 3.42. The van der Waals surface area contributed by atoms with Crippen molar-refractivity contribution in [1.82, 2.24) is 10.2 Å². The predicted molar refractivity (Wildman–Crippen MR) is 63.0 cm³/mol. The van der Waals surface area contributed by atoms with Crippen LogP contribution in [0.4, 0.5) is 0 Å². The largest absolute Gasteiger partial charge is 0.342 e. The van der Waals surface area contributed by atoms with Gasteiger partial charge in [-0.25, -0.2) is 0 Å². The van der Waals surface area contributed by atoms with E-state index < -0.39 is 0 Å². The first-order valence-corrected chi connectivity index (χ1v) is 6.52. The van der Waals surface area contributed by atoms with E-state index in [4.69, 9.17) is 0 Å². The summed E-state index contributed by atoms with van der Waals surface area (Å²) in [4.78, 5) is 13.8. The molecule has 1 aliphatic heterocycles. The first-order chi connectivity index (χ1) is 7.84. The van der Waals surface area contributed by atoms with Gasteiger partial charge in [-0.3, -0.25) is 4.79 Å². The standard InChI is InChI=1S/C13H20N2O/c16-13(15-6-1-2-7-15)9-14-12-8-10-4-3-5-11(10)12/h3,5,10-12,14H,1-2,4,6-9H2. The average molecular weight is 220 g/mol. The molecule has 3 heteroatoms. The Kier molecular flexibility index (Phi) is 2.72. The smallest absolute Gasteiger partial charge is 0.236 e. The van der Waals surface area contributed by atoms with E-state index in [9.17, 15) is 4.79 Å². The lowest BCUT2D eigenvalue weighted by Crippen LogP contribution is -2.51. The molecule has 3 nitrogen and oxygen atoms in total. The molecule has 3 unspecified atom stereocenters. The fourth-order valence-electron chi connectivity index (χ4n) is 3.24. The molecule has 16 heavy (non-hydrogen) atoms. The second-order valence-corrected chi connectivity index (χ2v) is 5.31. The molecule has 3 atom stereocenters. The van der Waals surface area contributed by atoms with Crippen molar-refractivity contribution in [3.63, 3.8) is 0 Å². The Bertz CT molecular complexity index is 307. The fraction of sp³-hybridized carbons (Fsp3) is 0.769. The summed E-state index contributed by atoms with van der Waals surface area (Å²) >= 11 is 0. The molecular weight excluding hydrogens is 200 g/mol. The van der Waals surface area contributed by atoms with E-state index in [0.717, 1.165) is 19.0 Å². The summed E-state index contributed by atoms with van der Waals surface area (Å²) in [6.45, 7) is 2.48. The minimum absolute atomic E-state index is 0.294. The number of nitrogens with zero attached hydrogens (tertiary/aromatic N) is 1. The molecule has 1 N–H and O–H groups in total. The summed E-state index contributed by atoms with van der Waals surface area (Å²) in [5.41, 5.74) is 0. The van der Waals surface area contributed by atoms with Crippen LogP contribution in [0.1, 0.15) is 25.7 Å². The van der Waals surface area contributed by atoms with Crippen molar-refractivity contribution in [1.29, 1.82) is 0 Å². The van der Waals surface area contributed by atoms with Gasteiger partial charge in [-0.05, 0) is 37.5 Å². The predicted octanol–water partition coefficient (Wildman–Crippen LogP) is 1.16. The van der Waals surface area contributed by atoms with Crippen LogP contribution in [-0.2, 0) is 4.79 Å². The number of carbonyl (C=O) groups is 1. The first kappa shape index (κ1) is 10.3. The lowest BCUT2D eigenvalue weighted by molar-refractivity contribution is -0.129. The molecule has 1 amide bonds. The minimum atomic E-state index is 0.294. The maximum Gasteiger partial charge on any atom is 0.236 e. The van der Waals surface area contributed by atoms with Gasteiger partial charge < -0.3 is 10.2 Å². The van der Waals surface area contributed by atoms with Gasteiger partial charge in [-0.2, -0.15) is 0 Å². The molecule has 2 fully saturated rings. The van der Waals surface area contributed by atoms with E-state index >= 15 is 0 Å². The van der Waals surface area contributed by atoms with Gasteiger partial charge in [0.05, 0.1) is 6.54 Å². The van der Waals surface area contributed by atoms with E-state index in [-0.39, 0.29) is 0 Å². The van der Waals surface area contributed by atoms with Gasteiger partial charge in [-0.15, -0.1) is 0 Å². The van der Waals surface area contributed by atoms with Gasteiger partial charge in [0.15, 0.2) is 0 Å². The Morgan fingerprint density at radius 3 is 2.94 bits per heavy atom. The van der Waals surface area contributed by atoms with Crippen molar-refractivity contribution in [2.24, 2.45) is 11.8 Å². The molecule has 0 bridgehead atoms. The number of carbonyl (C=O) groups excluding carboxylic acids is 1. The molecule has 3 aliphatic rings. The van der Waals surface area contributed by atoms with Gasteiger partial charge in [0.1, 0.15) is 0 Å². The van der Waals surface area contributed by atoms with E-state index in [1.54, 1.807) is 0 Å². The highest BCUT2D eigenvalue weighted by Crippen LogP contribution is 2.42. The lowest BCUT2D eigenvalue weighted by atomic mass is 9.71. The van der Waals surface area contributed by atoms with Crippen molar-refractivity contribution >= 4 is 5.91 Å². The van der Waals surface area contributed by atoms with Crippen molar-refractivity contribution < 1.29 is 4.79 Å². The summed E-state index contributed by atoms with van der Waals surface area (Å²) < 4.78 is 0. The van der Waals surface area contributed by atoms with Crippen molar-refractivity contribution in [3.05, 3.63) is 12.2 Å². The minimum Gasteiger partial charge on any atom is -0.342 e. The summed E-state index contributed by atoms with van der Waals surface area (Å²) in [6.07, 6.45) is 9.49. The van der Waals surface area contributed by atoms with Crippen LogP contribution in [0.15, 0.2) is 12.2 Å². The third-order valence-electron chi connectivity index (χ3n) is 4.34. The maximum absolute atomic E-state index is 11.8.